The molecule has 0 saturated heterocycles. The van der Waals surface area contributed by atoms with Crippen molar-refractivity contribution >= 4 is 34.3 Å². The third-order valence-electron chi connectivity index (χ3n) is 3.44. The Labute approximate surface area is 173 Å². The largest absolute Gasteiger partial charge is 0.493 e. The third kappa shape index (κ3) is 7.90. The highest BCUT2D eigenvalue weighted by molar-refractivity contribution is 7.13. The molecule has 29 heavy (non-hydrogen) atoms. The second kappa shape index (κ2) is 11.2. The van der Waals surface area contributed by atoms with Crippen LogP contribution < -0.4 is 10.1 Å². The van der Waals surface area contributed by atoms with Gasteiger partial charge in [-0.15, -0.1) is 11.3 Å². The van der Waals surface area contributed by atoms with Gasteiger partial charge in [0.1, 0.15) is 5.75 Å². The van der Waals surface area contributed by atoms with Gasteiger partial charge >= 0.3 is 11.9 Å². The zero-order valence-corrected chi connectivity index (χ0v) is 17.4. The summed E-state index contributed by atoms with van der Waals surface area (Å²) in [6.45, 7) is 6.25. The molecular formula is C20H24N2O6S. The molecule has 0 bridgehead atoms. The van der Waals surface area contributed by atoms with Crippen LogP contribution in [0.4, 0.5) is 5.13 Å². The van der Waals surface area contributed by atoms with Crippen LogP contribution in [0, 0.1) is 5.92 Å². The number of rotatable bonds is 10. The van der Waals surface area contributed by atoms with Crippen molar-refractivity contribution in [2.45, 2.75) is 27.2 Å². The Balaban J connectivity index is 1.78. The van der Waals surface area contributed by atoms with Gasteiger partial charge in [-0.2, -0.15) is 0 Å². The van der Waals surface area contributed by atoms with Crippen molar-refractivity contribution in [1.82, 2.24) is 4.98 Å². The maximum Gasteiger partial charge on any atom is 0.338 e. The highest BCUT2D eigenvalue weighted by Gasteiger charge is 2.13. The molecule has 0 aliphatic carbocycles. The monoisotopic (exact) mass is 420 g/mol. The van der Waals surface area contributed by atoms with Crippen molar-refractivity contribution in [3.05, 3.63) is 40.9 Å². The van der Waals surface area contributed by atoms with Crippen molar-refractivity contribution in [2.24, 2.45) is 5.92 Å². The van der Waals surface area contributed by atoms with Gasteiger partial charge in [-0.05, 0) is 37.1 Å². The number of thiazole rings is 1. The fourth-order valence-electron chi connectivity index (χ4n) is 2.13. The van der Waals surface area contributed by atoms with E-state index in [2.05, 4.69) is 10.3 Å². The average molecular weight is 420 g/mol. The summed E-state index contributed by atoms with van der Waals surface area (Å²) in [5.74, 6) is -0.456. The van der Waals surface area contributed by atoms with Crippen LogP contribution in [-0.4, -0.2) is 42.7 Å². The molecule has 8 nitrogen and oxygen atoms in total. The molecule has 0 radical (unpaired) electrons. The Kier molecular flexibility index (Phi) is 8.60. The van der Waals surface area contributed by atoms with Gasteiger partial charge in [0, 0.05) is 5.38 Å². The molecule has 0 atom stereocenters. The van der Waals surface area contributed by atoms with E-state index in [1.54, 1.807) is 36.6 Å². The lowest BCUT2D eigenvalue weighted by molar-refractivity contribution is -0.142. The van der Waals surface area contributed by atoms with E-state index in [-0.39, 0.29) is 12.4 Å². The van der Waals surface area contributed by atoms with Crippen molar-refractivity contribution in [1.29, 1.82) is 0 Å². The quantitative estimate of drug-likeness (QED) is 0.589. The molecule has 0 aliphatic rings. The van der Waals surface area contributed by atoms with Gasteiger partial charge in [0.25, 0.3) is 5.91 Å². The summed E-state index contributed by atoms with van der Waals surface area (Å²) >= 11 is 1.17. The molecule has 2 rings (SSSR count). The van der Waals surface area contributed by atoms with Crippen LogP contribution >= 0.6 is 11.3 Å². The van der Waals surface area contributed by atoms with Crippen LogP contribution in [0.15, 0.2) is 29.6 Å². The molecule has 2 aromatic rings. The van der Waals surface area contributed by atoms with Gasteiger partial charge in [-0.3, -0.25) is 14.9 Å². The first kappa shape index (κ1) is 22.4. The molecular weight excluding hydrogens is 396 g/mol. The van der Waals surface area contributed by atoms with Crippen LogP contribution in [0.1, 0.15) is 36.8 Å². The maximum atomic E-state index is 12.1. The van der Waals surface area contributed by atoms with Crippen LogP contribution in [0.25, 0.3) is 0 Å². The average Bonchev–Trinajstić information content (AvgIpc) is 3.11. The van der Waals surface area contributed by atoms with Crippen LogP contribution in [0.2, 0.25) is 0 Å². The summed E-state index contributed by atoms with van der Waals surface area (Å²) < 4.78 is 15.4. The van der Waals surface area contributed by atoms with Gasteiger partial charge in [0.15, 0.2) is 11.7 Å². The zero-order chi connectivity index (χ0) is 21.2. The second-order valence-electron chi connectivity index (χ2n) is 6.48. The summed E-state index contributed by atoms with van der Waals surface area (Å²) in [5.41, 5.74) is 0.821. The molecule has 1 amide bonds. The number of esters is 2. The minimum Gasteiger partial charge on any atom is -0.493 e. The molecule has 0 aliphatic heterocycles. The van der Waals surface area contributed by atoms with E-state index in [0.29, 0.717) is 41.3 Å². The number of ether oxygens (including phenoxy) is 3. The number of carbonyl (C=O) groups is 3. The first-order valence-electron chi connectivity index (χ1n) is 9.17. The highest BCUT2D eigenvalue weighted by atomic mass is 32.1. The van der Waals surface area contributed by atoms with Crippen molar-refractivity contribution < 1.29 is 28.6 Å². The van der Waals surface area contributed by atoms with Gasteiger partial charge in [-0.1, -0.05) is 13.8 Å². The molecule has 0 spiro atoms. The van der Waals surface area contributed by atoms with E-state index >= 15 is 0 Å². The first-order chi connectivity index (χ1) is 13.9. The van der Waals surface area contributed by atoms with Crippen molar-refractivity contribution in [3.63, 3.8) is 0 Å². The van der Waals surface area contributed by atoms with Crippen LogP contribution in [0.3, 0.4) is 0 Å². The Morgan fingerprint density at radius 3 is 2.52 bits per heavy atom. The van der Waals surface area contributed by atoms with E-state index in [4.69, 9.17) is 14.2 Å². The van der Waals surface area contributed by atoms with Gasteiger partial charge < -0.3 is 14.2 Å². The normalized spacial score (nSPS) is 10.5. The predicted octanol–water partition coefficient (Wildman–Crippen LogP) is 3.08. The van der Waals surface area contributed by atoms with Crippen molar-refractivity contribution in [3.8, 4) is 5.75 Å². The van der Waals surface area contributed by atoms with E-state index in [0.717, 1.165) is 0 Å². The topological polar surface area (TPSA) is 104 Å². The lowest BCUT2D eigenvalue weighted by atomic mass is 10.2. The minimum atomic E-state index is -0.613. The molecule has 1 aromatic heterocycles. The zero-order valence-electron chi connectivity index (χ0n) is 16.6. The molecule has 156 valence electrons. The number of carbonyl (C=O) groups excluding carboxylic acids is 3. The predicted molar refractivity (Wildman–Crippen MR) is 108 cm³/mol. The number of hydrogen-bond acceptors (Lipinski definition) is 8. The maximum absolute atomic E-state index is 12.1. The fourth-order valence-corrected chi connectivity index (χ4v) is 2.85. The Morgan fingerprint density at radius 2 is 1.86 bits per heavy atom. The number of benzene rings is 1. The second-order valence-corrected chi connectivity index (χ2v) is 7.34. The van der Waals surface area contributed by atoms with Gasteiger partial charge in [-0.25, -0.2) is 9.78 Å². The van der Waals surface area contributed by atoms with E-state index in [9.17, 15) is 14.4 Å². The summed E-state index contributed by atoms with van der Waals surface area (Å²) in [7, 11) is 0. The van der Waals surface area contributed by atoms with Gasteiger partial charge in [0.05, 0.1) is 30.9 Å². The number of aromatic nitrogens is 1. The van der Waals surface area contributed by atoms with E-state index in [1.807, 2.05) is 13.8 Å². The number of anilines is 1. The standard InChI is InChI=1S/C20H24N2O6S/c1-4-26-18(24)9-15-12-29-20(21-15)22-17(23)11-28-19(25)14-5-7-16(8-6-14)27-10-13(2)3/h5-8,12-13H,4,9-11H2,1-3H3,(H,21,22,23). The minimum absolute atomic E-state index is 0.0338. The van der Waals surface area contributed by atoms with Gasteiger partial charge in [0.2, 0.25) is 0 Å². The number of hydrogen-bond donors (Lipinski definition) is 1. The van der Waals surface area contributed by atoms with E-state index < -0.39 is 18.5 Å². The Bertz CT molecular complexity index is 832. The van der Waals surface area contributed by atoms with Crippen LogP contribution in [0.5, 0.6) is 5.75 Å². The Morgan fingerprint density at radius 1 is 1.14 bits per heavy atom. The summed E-state index contributed by atoms with van der Waals surface area (Å²) in [6.07, 6.45) is 0.0338. The molecule has 0 unspecified atom stereocenters. The summed E-state index contributed by atoms with van der Waals surface area (Å²) in [5, 5.41) is 4.50. The molecule has 9 heteroatoms. The van der Waals surface area contributed by atoms with Crippen LogP contribution in [-0.2, 0) is 25.5 Å². The number of nitrogens with zero attached hydrogens (tertiary/aromatic N) is 1. The third-order valence-corrected chi connectivity index (χ3v) is 4.24. The SMILES string of the molecule is CCOC(=O)Cc1csc(NC(=O)COC(=O)c2ccc(OCC(C)C)cc2)n1. The molecule has 0 saturated carbocycles. The summed E-state index contributed by atoms with van der Waals surface area (Å²) in [6, 6.07) is 6.52. The number of nitrogens with one attached hydrogen (secondary N) is 1. The fraction of sp³-hybridized carbons (Fsp3) is 0.400. The smallest absolute Gasteiger partial charge is 0.338 e. The highest BCUT2D eigenvalue weighted by Crippen LogP contribution is 2.17. The molecule has 0 fully saturated rings. The molecule has 1 heterocycles. The molecule has 1 aromatic carbocycles. The number of amides is 1. The Hall–Kier alpha value is -2.94. The lowest BCUT2D eigenvalue weighted by Gasteiger charge is -2.09. The molecule has 1 N–H and O–H groups in total. The lowest BCUT2D eigenvalue weighted by Crippen LogP contribution is -2.21. The van der Waals surface area contributed by atoms with Crippen molar-refractivity contribution in [2.75, 3.05) is 25.1 Å². The van der Waals surface area contributed by atoms with E-state index in [1.165, 1.54) is 11.3 Å². The first-order valence-corrected chi connectivity index (χ1v) is 10.0. The summed E-state index contributed by atoms with van der Waals surface area (Å²) in [4.78, 5) is 39.6.